The fourth-order valence-corrected chi connectivity index (χ4v) is 4.18. The van der Waals surface area contributed by atoms with Crippen molar-refractivity contribution in [2.24, 2.45) is 0 Å². The number of nitrogens with zero attached hydrogens (tertiary/aromatic N) is 3. The van der Waals surface area contributed by atoms with Gasteiger partial charge in [-0.1, -0.05) is 11.3 Å². The second kappa shape index (κ2) is 7.93. The number of methoxy groups -OCH3 is 2. The lowest BCUT2D eigenvalue weighted by molar-refractivity contribution is 0.208. The van der Waals surface area contributed by atoms with E-state index in [9.17, 15) is 4.79 Å². The van der Waals surface area contributed by atoms with Gasteiger partial charge in [0.2, 0.25) is 0 Å². The summed E-state index contributed by atoms with van der Waals surface area (Å²) < 4.78 is 11.5. The quantitative estimate of drug-likeness (QED) is 0.726. The van der Waals surface area contributed by atoms with Gasteiger partial charge in [-0.15, -0.1) is 0 Å². The van der Waals surface area contributed by atoms with Crippen LogP contribution in [0.3, 0.4) is 0 Å². The number of amides is 2. The maximum Gasteiger partial charge on any atom is 0.321 e. The van der Waals surface area contributed by atoms with Crippen molar-refractivity contribution in [2.75, 3.05) is 50.6 Å². The summed E-state index contributed by atoms with van der Waals surface area (Å²) in [6.07, 6.45) is 0. The third kappa shape index (κ3) is 3.82. The maximum atomic E-state index is 12.5. The number of aromatic nitrogens is 1. The van der Waals surface area contributed by atoms with Crippen LogP contribution in [0.15, 0.2) is 42.5 Å². The van der Waals surface area contributed by atoms with E-state index in [0.29, 0.717) is 13.1 Å². The highest BCUT2D eigenvalue weighted by atomic mass is 32.1. The molecular formula is C20H22N4O3S. The highest BCUT2D eigenvalue weighted by Crippen LogP contribution is 2.31. The van der Waals surface area contributed by atoms with Crippen molar-refractivity contribution >= 4 is 38.4 Å². The van der Waals surface area contributed by atoms with Crippen molar-refractivity contribution in [3.8, 4) is 11.5 Å². The molecule has 0 radical (unpaired) electrons. The van der Waals surface area contributed by atoms with Gasteiger partial charge in [0.25, 0.3) is 0 Å². The topological polar surface area (TPSA) is 66.9 Å². The number of piperazine rings is 1. The molecule has 2 aromatic carbocycles. The fraction of sp³-hybridized carbons (Fsp3) is 0.300. The number of hydrogen-bond acceptors (Lipinski definition) is 6. The lowest BCUT2D eigenvalue weighted by Gasteiger charge is -2.34. The largest absolute Gasteiger partial charge is 0.497 e. The second-order valence-electron chi connectivity index (χ2n) is 6.46. The van der Waals surface area contributed by atoms with Crippen LogP contribution in [0.25, 0.3) is 10.2 Å². The molecule has 0 atom stereocenters. The number of thiazole rings is 1. The van der Waals surface area contributed by atoms with Gasteiger partial charge in [0.15, 0.2) is 5.13 Å². The lowest BCUT2D eigenvalue weighted by Crippen LogP contribution is -2.50. The van der Waals surface area contributed by atoms with E-state index in [4.69, 9.17) is 14.5 Å². The van der Waals surface area contributed by atoms with Crippen molar-refractivity contribution in [2.45, 2.75) is 0 Å². The third-order valence-corrected chi connectivity index (χ3v) is 5.84. The summed E-state index contributed by atoms with van der Waals surface area (Å²) in [7, 11) is 3.29. The molecule has 1 aromatic heterocycles. The molecule has 1 aliphatic rings. The monoisotopic (exact) mass is 398 g/mol. The van der Waals surface area contributed by atoms with Gasteiger partial charge >= 0.3 is 6.03 Å². The predicted molar refractivity (Wildman–Crippen MR) is 112 cm³/mol. The van der Waals surface area contributed by atoms with Gasteiger partial charge < -0.3 is 24.6 Å². The Labute approximate surface area is 167 Å². The molecular weight excluding hydrogens is 376 g/mol. The van der Waals surface area contributed by atoms with E-state index in [1.165, 1.54) is 0 Å². The van der Waals surface area contributed by atoms with Crippen LogP contribution in [0.5, 0.6) is 11.5 Å². The average Bonchev–Trinajstić information content (AvgIpc) is 3.17. The second-order valence-corrected chi connectivity index (χ2v) is 7.47. The molecule has 2 heterocycles. The minimum absolute atomic E-state index is 0.0844. The Kier molecular flexibility index (Phi) is 5.21. The molecule has 2 amide bonds. The third-order valence-electron chi connectivity index (χ3n) is 4.76. The number of hydrogen-bond donors (Lipinski definition) is 1. The Balaban J connectivity index is 1.36. The first-order valence-electron chi connectivity index (χ1n) is 9.06. The summed E-state index contributed by atoms with van der Waals surface area (Å²) in [5.41, 5.74) is 1.73. The number of fused-ring (bicyclic) bond motifs is 1. The Morgan fingerprint density at radius 3 is 2.36 bits per heavy atom. The molecule has 146 valence electrons. The van der Waals surface area contributed by atoms with Gasteiger partial charge in [0, 0.05) is 31.9 Å². The van der Waals surface area contributed by atoms with Crippen molar-refractivity contribution < 1.29 is 14.3 Å². The smallest absolute Gasteiger partial charge is 0.321 e. The van der Waals surface area contributed by atoms with Gasteiger partial charge in [-0.05, 0) is 42.5 Å². The summed E-state index contributed by atoms with van der Waals surface area (Å²) >= 11 is 1.65. The van der Waals surface area contributed by atoms with Crippen LogP contribution in [0.2, 0.25) is 0 Å². The summed E-state index contributed by atoms with van der Waals surface area (Å²) in [4.78, 5) is 21.3. The predicted octanol–water partition coefficient (Wildman–Crippen LogP) is 3.67. The van der Waals surface area contributed by atoms with Gasteiger partial charge in [-0.2, -0.15) is 0 Å². The fourth-order valence-electron chi connectivity index (χ4n) is 3.13. The number of carbonyl (C=O) groups is 1. The van der Waals surface area contributed by atoms with E-state index in [-0.39, 0.29) is 6.03 Å². The van der Waals surface area contributed by atoms with Crippen molar-refractivity contribution in [3.63, 3.8) is 0 Å². The first kappa shape index (κ1) is 18.4. The summed E-state index contributed by atoms with van der Waals surface area (Å²) in [5.74, 6) is 1.60. The van der Waals surface area contributed by atoms with Gasteiger partial charge in [0.05, 0.1) is 24.4 Å². The molecule has 1 N–H and O–H groups in total. The summed E-state index contributed by atoms with van der Waals surface area (Å²) in [6, 6.07) is 13.2. The van der Waals surface area contributed by atoms with Crippen LogP contribution in [0, 0.1) is 0 Å². The molecule has 7 nitrogen and oxygen atoms in total. The summed E-state index contributed by atoms with van der Waals surface area (Å²) in [5, 5.41) is 3.92. The van der Waals surface area contributed by atoms with Crippen LogP contribution in [-0.4, -0.2) is 56.3 Å². The molecule has 0 aliphatic carbocycles. The Morgan fingerprint density at radius 2 is 1.68 bits per heavy atom. The van der Waals surface area contributed by atoms with E-state index in [0.717, 1.165) is 45.6 Å². The number of nitrogens with one attached hydrogen (secondary N) is 1. The molecule has 0 unspecified atom stereocenters. The molecule has 0 spiro atoms. The van der Waals surface area contributed by atoms with Crippen LogP contribution < -0.4 is 19.7 Å². The van der Waals surface area contributed by atoms with Crippen LogP contribution in [-0.2, 0) is 0 Å². The van der Waals surface area contributed by atoms with Gasteiger partial charge in [-0.25, -0.2) is 9.78 Å². The van der Waals surface area contributed by atoms with E-state index in [2.05, 4.69) is 10.2 Å². The molecule has 3 aromatic rings. The average molecular weight is 398 g/mol. The Bertz CT molecular complexity index is 965. The van der Waals surface area contributed by atoms with Gasteiger partial charge in [0.1, 0.15) is 11.5 Å². The SMILES string of the molecule is COc1ccc(NC(=O)N2CCN(c3nc4ccc(OC)cc4s3)CC2)cc1. The first-order chi connectivity index (χ1) is 13.7. The number of benzene rings is 2. The van der Waals surface area contributed by atoms with E-state index < -0.39 is 0 Å². The number of anilines is 2. The highest BCUT2D eigenvalue weighted by Gasteiger charge is 2.23. The minimum Gasteiger partial charge on any atom is -0.497 e. The van der Waals surface area contributed by atoms with Crippen LogP contribution >= 0.6 is 11.3 Å². The molecule has 8 heteroatoms. The number of urea groups is 1. The molecule has 1 fully saturated rings. The molecule has 0 saturated carbocycles. The number of rotatable bonds is 4. The minimum atomic E-state index is -0.0844. The first-order valence-corrected chi connectivity index (χ1v) is 9.87. The number of carbonyl (C=O) groups excluding carboxylic acids is 1. The zero-order chi connectivity index (χ0) is 19.5. The molecule has 1 saturated heterocycles. The van der Waals surface area contributed by atoms with Crippen LogP contribution in [0.1, 0.15) is 0 Å². The van der Waals surface area contributed by atoms with Gasteiger partial charge in [-0.3, -0.25) is 0 Å². The van der Waals surface area contributed by atoms with Crippen LogP contribution in [0.4, 0.5) is 15.6 Å². The highest BCUT2D eigenvalue weighted by molar-refractivity contribution is 7.22. The zero-order valence-electron chi connectivity index (χ0n) is 15.8. The Hall–Kier alpha value is -3.00. The molecule has 28 heavy (non-hydrogen) atoms. The molecule has 0 bridgehead atoms. The van der Waals surface area contributed by atoms with E-state index >= 15 is 0 Å². The maximum absolute atomic E-state index is 12.5. The summed E-state index contributed by atoms with van der Waals surface area (Å²) in [6.45, 7) is 2.82. The Morgan fingerprint density at radius 1 is 1.00 bits per heavy atom. The van der Waals surface area contributed by atoms with E-state index in [1.807, 2.05) is 47.4 Å². The van der Waals surface area contributed by atoms with E-state index in [1.54, 1.807) is 25.6 Å². The number of ether oxygens (including phenoxy) is 2. The standard InChI is InChI=1S/C20H22N4O3S/c1-26-15-5-3-14(4-6-15)21-19(25)23-9-11-24(12-10-23)20-22-17-8-7-16(27-2)13-18(17)28-20/h3-8,13H,9-12H2,1-2H3,(H,21,25). The van der Waals surface area contributed by atoms with Crippen molar-refractivity contribution in [1.29, 1.82) is 0 Å². The lowest BCUT2D eigenvalue weighted by atomic mass is 10.3. The van der Waals surface area contributed by atoms with Crippen molar-refractivity contribution in [1.82, 2.24) is 9.88 Å². The molecule has 1 aliphatic heterocycles. The molecule has 4 rings (SSSR count). The normalized spacial score (nSPS) is 14.2. The van der Waals surface area contributed by atoms with Crippen molar-refractivity contribution in [3.05, 3.63) is 42.5 Å². The zero-order valence-corrected chi connectivity index (χ0v) is 16.7.